The summed E-state index contributed by atoms with van der Waals surface area (Å²) in [7, 11) is 0. The molecule has 10 nitrogen and oxygen atoms in total. The van der Waals surface area contributed by atoms with E-state index in [1.54, 1.807) is 31.2 Å². The van der Waals surface area contributed by atoms with E-state index in [-0.39, 0.29) is 17.2 Å². The zero-order valence-electron chi connectivity index (χ0n) is 16.2. The molecule has 3 aromatic heterocycles. The number of hydrogen-bond acceptors (Lipinski definition) is 8. The van der Waals surface area contributed by atoms with Crippen LogP contribution in [0.4, 0.5) is 17.3 Å². The first-order valence-electron chi connectivity index (χ1n) is 9.09. The van der Waals surface area contributed by atoms with Gasteiger partial charge in [0.25, 0.3) is 5.91 Å². The van der Waals surface area contributed by atoms with Crippen LogP contribution in [0.1, 0.15) is 35.0 Å². The second-order valence-electron chi connectivity index (χ2n) is 6.51. The highest BCUT2D eigenvalue weighted by Gasteiger charge is 2.21. The Morgan fingerprint density at radius 3 is 2.90 bits per heavy atom. The SMILES string of the molecule is C#Cc1cnc(N)c(C(=O)N[C@H](C)c2nnc3ccc(Nc4cccc(Cl)c4)nn23)n1. The summed E-state index contributed by atoms with van der Waals surface area (Å²) in [5.41, 5.74) is 7.20. The van der Waals surface area contributed by atoms with E-state index in [9.17, 15) is 4.79 Å². The lowest BCUT2D eigenvalue weighted by Crippen LogP contribution is -2.30. The van der Waals surface area contributed by atoms with Crippen molar-refractivity contribution in [2.45, 2.75) is 13.0 Å². The van der Waals surface area contributed by atoms with Crippen molar-refractivity contribution in [1.29, 1.82) is 0 Å². The van der Waals surface area contributed by atoms with Crippen LogP contribution in [-0.4, -0.2) is 35.7 Å². The fraction of sp³-hybridized carbons (Fsp3) is 0.100. The van der Waals surface area contributed by atoms with Gasteiger partial charge in [0.2, 0.25) is 0 Å². The molecule has 4 aromatic rings. The van der Waals surface area contributed by atoms with Gasteiger partial charge in [0, 0.05) is 10.7 Å². The van der Waals surface area contributed by atoms with E-state index >= 15 is 0 Å². The highest BCUT2D eigenvalue weighted by Crippen LogP contribution is 2.20. The number of terminal acetylenes is 1. The van der Waals surface area contributed by atoms with Gasteiger partial charge in [-0.05, 0) is 43.2 Å². The van der Waals surface area contributed by atoms with Crippen molar-refractivity contribution in [3.63, 3.8) is 0 Å². The molecule has 1 amide bonds. The summed E-state index contributed by atoms with van der Waals surface area (Å²) in [6.45, 7) is 1.74. The Morgan fingerprint density at radius 2 is 2.13 bits per heavy atom. The molecule has 0 fully saturated rings. The number of nitrogens with zero attached hydrogens (tertiary/aromatic N) is 6. The lowest BCUT2D eigenvalue weighted by Gasteiger charge is -2.13. The minimum absolute atomic E-state index is 0.0269. The molecule has 1 aromatic carbocycles. The first-order valence-corrected chi connectivity index (χ1v) is 9.47. The Morgan fingerprint density at radius 1 is 1.29 bits per heavy atom. The highest BCUT2D eigenvalue weighted by atomic mass is 35.5. The Bertz CT molecular complexity index is 1330. The topological polar surface area (TPSA) is 136 Å². The molecule has 154 valence electrons. The molecule has 31 heavy (non-hydrogen) atoms. The lowest BCUT2D eigenvalue weighted by molar-refractivity contribution is 0.0933. The lowest BCUT2D eigenvalue weighted by atomic mass is 10.2. The zero-order chi connectivity index (χ0) is 22.0. The zero-order valence-corrected chi connectivity index (χ0v) is 17.0. The molecule has 0 saturated carbocycles. The van der Waals surface area contributed by atoms with Crippen molar-refractivity contribution in [3.05, 3.63) is 64.8 Å². The number of rotatable bonds is 5. The van der Waals surface area contributed by atoms with Crippen molar-refractivity contribution in [1.82, 2.24) is 35.1 Å². The van der Waals surface area contributed by atoms with Gasteiger partial charge in [-0.15, -0.1) is 21.7 Å². The number of carbonyl (C=O) groups excluding carboxylic acids is 1. The summed E-state index contributed by atoms with van der Waals surface area (Å²) in [5.74, 6) is 2.72. The third-order valence-corrected chi connectivity index (χ3v) is 4.52. The number of amides is 1. The molecule has 0 aliphatic rings. The predicted molar refractivity (Wildman–Crippen MR) is 116 cm³/mol. The normalized spacial score (nSPS) is 11.6. The van der Waals surface area contributed by atoms with Crippen LogP contribution in [0, 0.1) is 12.3 Å². The van der Waals surface area contributed by atoms with Crippen molar-refractivity contribution < 1.29 is 4.79 Å². The van der Waals surface area contributed by atoms with E-state index < -0.39 is 11.9 Å². The molecule has 0 spiro atoms. The first-order chi connectivity index (χ1) is 14.9. The van der Waals surface area contributed by atoms with Crippen molar-refractivity contribution in [2.75, 3.05) is 11.1 Å². The Hall–Kier alpha value is -4.23. The van der Waals surface area contributed by atoms with E-state index in [1.165, 1.54) is 10.7 Å². The number of nitrogens with one attached hydrogen (secondary N) is 2. The molecule has 0 aliphatic carbocycles. The number of fused-ring (bicyclic) bond motifs is 1. The summed E-state index contributed by atoms with van der Waals surface area (Å²) >= 11 is 6.03. The van der Waals surface area contributed by atoms with Crippen LogP contribution >= 0.6 is 11.6 Å². The van der Waals surface area contributed by atoms with Gasteiger partial charge in [0.1, 0.15) is 5.69 Å². The van der Waals surface area contributed by atoms with Gasteiger partial charge in [0.05, 0.1) is 12.2 Å². The number of carbonyl (C=O) groups is 1. The average Bonchev–Trinajstić information content (AvgIpc) is 3.17. The summed E-state index contributed by atoms with van der Waals surface area (Å²) in [6, 6.07) is 10.2. The molecule has 1 atom stereocenters. The van der Waals surface area contributed by atoms with Crippen molar-refractivity contribution in [2.24, 2.45) is 0 Å². The molecule has 0 saturated heterocycles. The standard InChI is InChI=1S/C20H16ClN9O/c1-3-13-10-23-18(22)17(26-13)20(31)24-11(2)19-28-27-16-8-7-15(29-30(16)19)25-14-6-4-5-12(21)9-14/h1,4-11H,2H3,(H2,22,23)(H,24,31)(H,25,29)/t11-/m1/s1. The van der Waals surface area contributed by atoms with Gasteiger partial charge >= 0.3 is 0 Å². The maximum atomic E-state index is 12.7. The Labute approximate surface area is 181 Å². The number of benzene rings is 1. The number of anilines is 3. The monoisotopic (exact) mass is 433 g/mol. The van der Waals surface area contributed by atoms with Crippen LogP contribution < -0.4 is 16.4 Å². The van der Waals surface area contributed by atoms with E-state index in [0.717, 1.165) is 5.69 Å². The van der Waals surface area contributed by atoms with Crippen LogP contribution in [0.3, 0.4) is 0 Å². The number of aromatic nitrogens is 6. The minimum atomic E-state index is -0.563. The number of hydrogen-bond donors (Lipinski definition) is 3. The molecule has 0 unspecified atom stereocenters. The summed E-state index contributed by atoms with van der Waals surface area (Å²) < 4.78 is 1.53. The third kappa shape index (κ3) is 4.22. The Balaban J connectivity index is 1.59. The predicted octanol–water partition coefficient (Wildman–Crippen LogP) is 2.37. The van der Waals surface area contributed by atoms with Gasteiger partial charge < -0.3 is 16.4 Å². The fourth-order valence-electron chi connectivity index (χ4n) is 2.82. The highest BCUT2D eigenvalue weighted by molar-refractivity contribution is 6.30. The largest absolute Gasteiger partial charge is 0.382 e. The van der Waals surface area contributed by atoms with Crippen LogP contribution in [0.25, 0.3) is 5.65 Å². The third-order valence-electron chi connectivity index (χ3n) is 4.28. The minimum Gasteiger partial charge on any atom is -0.382 e. The molecule has 3 heterocycles. The number of nitrogens with two attached hydrogens (primary N) is 1. The summed E-state index contributed by atoms with van der Waals surface area (Å²) in [4.78, 5) is 20.6. The quantitative estimate of drug-likeness (QED) is 0.408. The molecule has 0 aliphatic heterocycles. The van der Waals surface area contributed by atoms with E-state index in [4.69, 9.17) is 23.8 Å². The second kappa shape index (κ2) is 8.25. The van der Waals surface area contributed by atoms with Gasteiger partial charge in [-0.2, -0.15) is 4.52 Å². The second-order valence-corrected chi connectivity index (χ2v) is 6.95. The van der Waals surface area contributed by atoms with Crippen LogP contribution in [-0.2, 0) is 0 Å². The average molecular weight is 434 g/mol. The van der Waals surface area contributed by atoms with E-state index in [1.807, 2.05) is 12.1 Å². The Kier molecular flexibility index (Phi) is 5.34. The first kappa shape index (κ1) is 20.1. The maximum Gasteiger partial charge on any atom is 0.274 e. The van der Waals surface area contributed by atoms with Gasteiger partial charge in [-0.1, -0.05) is 17.7 Å². The summed E-state index contributed by atoms with van der Waals surface area (Å²) in [6.07, 6.45) is 6.64. The van der Waals surface area contributed by atoms with Crippen molar-refractivity contribution in [3.8, 4) is 12.3 Å². The molecule has 0 radical (unpaired) electrons. The smallest absolute Gasteiger partial charge is 0.274 e. The van der Waals surface area contributed by atoms with Gasteiger partial charge in [0.15, 0.2) is 28.8 Å². The molecular formula is C20H16ClN9O. The molecule has 4 rings (SSSR count). The maximum absolute atomic E-state index is 12.7. The summed E-state index contributed by atoms with van der Waals surface area (Å²) in [5, 5.41) is 19.3. The number of nitrogen functional groups attached to an aromatic ring is 1. The van der Waals surface area contributed by atoms with Gasteiger partial charge in [-0.3, -0.25) is 4.79 Å². The number of halogens is 1. The molecule has 0 bridgehead atoms. The van der Waals surface area contributed by atoms with Crippen LogP contribution in [0.15, 0.2) is 42.6 Å². The molecule has 4 N–H and O–H groups in total. The van der Waals surface area contributed by atoms with Crippen LogP contribution in [0.5, 0.6) is 0 Å². The molecule has 11 heteroatoms. The van der Waals surface area contributed by atoms with E-state index in [2.05, 4.69) is 41.8 Å². The van der Waals surface area contributed by atoms with E-state index in [0.29, 0.717) is 22.3 Å². The molecular weight excluding hydrogens is 418 g/mol. The fourth-order valence-corrected chi connectivity index (χ4v) is 3.01. The van der Waals surface area contributed by atoms with Gasteiger partial charge in [-0.25, -0.2) is 9.97 Å². The van der Waals surface area contributed by atoms with Crippen LogP contribution in [0.2, 0.25) is 5.02 Å². The van der Waals surface area contributed by atoms with Crippen molar-refractivity contribution >= 4 is 40.5 Å².